The quantitative estimate of drug-likeness (QED) is 0.475. The summed E-state index contributed by atoms with van der Waals surface area (Å²) in [5, 5.41) is 2.69. The number of rotatable bonds is 9. The molecule has 1 aliphatic carbocycles. The molecule has 9 heteroatoms. The summed E-state index contributed by atoms with van der Waals surface area (Å²) in [6.07, 6.45) is 0.516. The van der Waals surface area contributed by atoms with Crippen molar-refractivity contribution in [3.05, 3.63) is 71.3 Å². The van der Waals surface area contributed by atoms with Crippen LogP contribution in [0.3, 0.4) is 0 Å². The molecule has 0 saturated heterocycles. The molecular weight excluding hydrogens is 404 g/mol. The summed E-state index contributed by atoms with van der Waals surface area (Å²) in [7, 11) is -2.93. The van der Waals surface area contributed by atoms with Gasteiger partial charge in [-0.25, -0.2) is 22.0 Å². The summed E-state index contributed by atoms with van der Waals surface area (Å²) in [6, 6.07) is 12.2. The van der Waals surface area contributed by atoms with Crippen LogP contribution < -0.4 is 5.32 Å². The predicted octanol–water partition coefficient (Wildman–Crippen LogP) is 3.43. The van der Waals surface area contributed by atoms with Crippen molar-refractivity contribution in [2.75, 3.05) is 6.61 Å². The molecule has 0 spiro atoms. The highest BCUT2D eigenvalue weighted by atomic mass is 32.2. The molecule has 2 atom stereocenters. The second-order valence-electron chi connectivity index (χ2n) is 6.88. The van der Waals surface area contributed by atoms with Crippen LogP contribution >= 0.6 is 0 Å². The fraction of sp³-hybridized carbons (Fsp3) is 0.350. The fourth-order valence-electron chi connectivity index (χ4n) is 3.48. The highest BCUT2D eigenvalue weighted by molar-refractivity contribution is 7.67. The lowest BCUT2D eigenvalue weighted by Crippen LogP contribution is -2.37. The van der Waals surface area contributed by atoms with Crippen LogP contribution in [-0.4, -0.2) is 21.1 Å². The molecule has 0 heterocycles. The van der Waals surface area contributed by atoms with E-state index in [-0.39, 0.29) is 24.7 Å². The molecule has 0 aromatic heterocycles. The Labute approximate surface area is 169 Å². The lowest BCUT2D eigenvalue weighted by atomic mass is 9.99. The van der Waals surface area contributed by atoms with Crippen LogP contribution in [0.2, 0.25) is 0 Å². The molecule has 0 unspecified atom stereocenters. The number of hydrogen-bond acceptors (Lipinski definition) is 5. The van der Waals surface area contributed by atoms with Crippen molar-refractivity contribution >= 4 is 17.1 Å². The molecule has 1 aliphatic rings. The summed E-state index contributed by atoms with van der Waals surface area (Å²) in [6.45, 7) is 0.0405. The monoisotopic (exact) mass is 425 g/mol. The van der Waals surface area contributed by atoms with Crippen molar-refractivity contribution in [3.8, 4) is 0 Å². The first-order chi connectivity index (χ1) is 13.9. The summed E-state index contributed by atoms with van der Waals surface area (Å²) >= 11 is 0. The molecule has 0 radical (unpaired) electrons. The van der Waals surface area contributed by atoms with Crippen molar-refractivity contribution in [2.24, 2.45) is 5.92 Å². The summed E-state index contributed by atoms with van der Waals surface area (Å²) in [4.78, 5) is 12.4. The number of benzene rings is 2. The highest BCUT2D eigenvalue weighted by Crippen LogP contribution is 2.55. The third-order valence-corrected chi connectivity index (χ3v) is 5.34. The summed E-state index contributed by atoms with van der Waals surface area (Å²) < 4.78 is 58.8. The molecule has 1 saturated carbocycles. The van der Waals surface area contributed by atoms with Crippen LogP contribution in [-0.2, 0) is 32.1 Å². The lowest BCUT2D eigenvalue weighted by molar-refractivity contribution is 0.132. The van der Waals surface area contributed by atoms with E-state index >= 15 is 0 Å². The first kappa shape index (κ1) is 21.2. The van der Waals surface area contributed by atoms with Gasteiger partial charge in [0.15, 0.2) is 0 Å². The van der Waals surface area contributed by atoms with E-state index in [0.717, 1.165) is 23.8 Å². The summed E-state index contributed by atoms with van der Waals surface area (Å²) in [5.41, 5.74) is -0.251. The minimum absolute atomic E-state index is 0.00459. The van der Waals surface area contributed by atoms with Crippen molar-refractivity contribution in [1.29, 1.82) is 0 Å². The van der Waals surface area contributed by atoms with Gasteiger partial charge in [0.1, 0.15) is 18.2 Å². The van der Waals surface area contributed by atoms with Gasteiger partial charge in [0, 0.05) is 5.56 Å². The Hall–Kier alpha value is -2.52. The van der Waals surface area contributed by atoms with Crippen LogP contribution in [0.4, 0.5) is 13.6 Å². The SMILES string of the molecule is O=C(N[C@]1(c2cc(F)ccc2F)C[C@H]1CCCO[SH](=O)=O)OCc1ccccc1. The van der Waals surface area contributed by atoms with E-state index in [9.17, 15) is 22.0 Å². The number of amides is 1. The standard InChI is InChI=1S/C20H21F2NO5S/c21-16-8-9-18(22)17(11-16)20(12-15(20)7-4-10-28-29(25)26)23-19(24)27-13-14-5-2-1-3-6-14/h1-3,5-6,8-9,11,15,29H,4,7,10,12-13H2,(H,23,24)/t15-,20-/m1/s1. The van der Waals surface area contributed by atoms with E-state index in [1.807, 2.05) is 18.2 Å². The Morgan fingerprint density at radius 1 is 1.17 bits per heavy atom. The van der Waals surface area contributed by atoms with Gasteiger partial charge in [-0.3, -0.25) is 4.18 Å². The minimum Gasteiger partial charge on any atom is -0.445 e. The topological polar surface area (TPSA) is 81.7 Å². The maximum absolute atomic E-state index is 14.4. The van der Waals surface area contributed by atoms with Gasteiger partial charge in [-0.05, 0) is 48.9 Å². The minimum atomic E-state index is -2.93. The number of ether oxygens (including phenoxy) is 1. The number of thiol groups is 1. The number of carbonyl (C=O) groups excluding carboxylic acids is 1. The third kappa shape index (κ3) is 5.51. The first-order valence-electron chi connectivity index (χ1n) is 9.12. The van der Waals surface area contributed by atoms with Crippen molar-refractivity contribution in [1.82, 2.24) is 5.32 Å². The van der Waals surface area contributed by atoms with Crippen LogP contribution in [0, 0.1) is 17.6 Å². The van der Waals surface area contributed by atoms with Gasteiger partial charge >= 0.3 is 6.09 Å². The smallest absolute Gasteiger partial charge is 0.408 e. The number of carbonyl (C=O) groups is 1. The molecule has 0 aliphatic heterocycles. The third-order valence-electron chi connectivity index (χ3n) is 4.95. The fourth-order valence-corrected chi connectivity index (χ4v) is 3.76. The number of alkyl carbamates (subject to hydrolysis) is 1. The molecular formula is C20H21F2NO5S. The second-order valence-corrected chi connectivity index (χ2v) is 7.59. The Balaban J connectivity index is 1.68. The Morgan fingerprint density at radius 3 is 2.66 bits per heavy atom. The van der Waals surface area contributed by atoms with E-state index in [4.69, 9.17) is 4.74 Å². The van der Waals surface area contributed by atoms with Gasteiger partial charge in [0.25, 0.3) is 11.0 Å². The number of nitrogens with one attached hydrogen (secondary N) is 1. The molecule has 1 fully saturated rings. The molecule has 156 valence electrons. The second kappa shape index (κ2) is 9.32. The van der Waals surface area contributed by atoms with E-state index < -0.39 is 34.3 Å². The zero-order chi connectivity index (χ0) is 20.9. The molecule has 2 aromatic carbocycles. The predicted molar refractivity (Wildman–Crippen MR) is 101 cm³/mol. The summed E-state index contributed by atoms with van der Waals surface area (Å²) in [5.74, 6) is -1.44. The molecule has 6 nitrogen and oxygen atoms in total. The van der Waals surface area contributed by atoms with E-state index in [1.165, 1.54) is 0 Å². The van der Waals surface area contributed by atoms with Gasteiger partial charge in [0.2, 0.25) is 0 Å². The number of halogens is 2. The maximum atomic E-state index is 14.4. The highest BCUT2D eigenvalue weighted by Gasteiger charge is 2.57. The normalized spacial score (nSPS) is 20.4. The van der Waals surface area contributed by atoms with Gasteiger partial charge in [0.05, 0.1) is 12.1 Å². The van der Waals surface area contributed by atoms with Crippen LogP contribution in [0.25, 0.3) is 0 Å². The maximum Gasteiger partial charge on any atom is 0.408 e. The average molecular weight is 425 g/mol. The van der Waals surface area contributed by atoms with Gasteiger partial charge in [-0.15, -0.1) is 0 Å². The molecule has 0 bridgehead atoms. The molecule has 1 N–H and O–H groups in total. The van der Waals surface area contributed by atoms with E-state index in [2.05, 4.69) is 9.50 Å². The Bertz CT molecular complexity index is 930. The largest absolute Gasteiger partial charge is 0.445 e. The molecule has 29 heavy (non-hydrogen) atoms. The molecule has 2 aromatic rings. The van der Waals surface area contributed by atoms with Crippen LogP contribution in [0.5, 0.6) is 0 Å². The van der Waals surface area contributed by atoms with Crippen LogP contribution in [0.15, 0.2) is 48.5 Å². The average Bonchev–Trinajstić information content (AvgIpc) is 3.39. The zero-order valence-electron chi connectivity index (χ0n) is 15.5. The van der Waals surface area contributed by atoms with Crippen molar-refractivity contribution in [3.63, 3.8) is 0 Å². The van der Waals surface area contributed by atoms with Crippen molar-refractivity contribution < 1.29 is 30.9 Å². The molecule has 1 amide bonds. The Kier molecular flexibility index (Phi) is 6.81. The molecule has 3 rings (SSSR count). The Morgan fingerprint density at radius 2 is 1.93 bits per heavy atom. The zero-order valence-corrected chi connectivity index (χ0v) is 16.4. The first-order valence-corrected chi connectivity index (χ1v) is 10.2. The van der Waals surface area contributed by atoms with Gasteiger partial charge in [-0.1, -0.05) is 30.3 Å². The van der Waals surface area contributed by atoms with Crippen LogP contribution in [0.1, 0.15) is 30.4 Å². The van der Waals surface area contributed by atoms with Crippen molar-refractivity contribution in [2.45, 2.75) is 31.4 Å². The lowest BCUT2D eigenvalue weighted by Gasteiger charge is -2.21. The number of hydrogen-bond donors (Lipinski definition) is 2. The van der Waals surface area contributed by atoms with Gasteiger partial charge < -0.3 is 10.1 Å². The van der Waals surface area contributed by atoms with Gasteiger partial charge in [-0.2, -0.15) is 0 Å². The van der Waals surface area contributed by atoms with E-state index in [0.29, 0.717) is 19.3 Å². The van der Waals surface area contributed by atoms with E-state index in [1.54, 1.807) is 12.1 Å².